The lowest BCUT2D eigenvalue weighted by Gasteiger charge is -2.24. The van der Waals surface area contributed by atoms with Crippen LogP contribution in [0.3, 0.4) is 0 Å². The highest BCUT2D eigenvalue weighted by atomic mass is 16.6. The number of benzene rings is 1. The summed E-state index contributed by atoms with van der Waals surface area (Å²) in [4.78, 5) is 21.2. The minimum absolute atomic E-state index is 0.0286. The number of hydrogen-bond acceptors (Lipinski definition) is 6. The van der Waals surface area contributed by atoms with E-state index in [9.17, 15) is 25.3 Å². The summed E-state index contributed by atoms with van der Waals surface area (Å²) in [6.45, 7) is 5.45. The number of anilines is 1. The monoisotopic (exact) mass is 283 g/mol. The van der Waals surface area contributed by atoms with Crippen LogP contribution in [0.1, 0.15) is 30.5 Å². The number of hydrogen-bond donors (Lipinski definition) is 2. The van der Waals surface area contributed by atoms with Crippen molar-refractivity contribution in [3.63, 3.8) is 0 Å². The molecular formula is C12H17N3O5. The third kappa shape index (κ3) is 2.29. The Morgan fingerprint density at radius 2 is 1.45 bits per heavy atom. The fourth-order valence-corrected chi connectivity index (χ4v) is 2.20. The van der Waals surface area contributed by atoms with Crippen molar-refractivity contribution in [2.45, 2.75) is 33.1 Å². The minimum Gasteiger partial charge on any atom is -0.398 e. The summed E-state index contributed by atoms with van der Waals surface area (Å²) < 4.78 is 0. The highest BCUT2D eigenvalue weighted by Crippen LogP contribution is 2.45. The van der Waals surface area contributed by atoms with Gasteiger partial charge in [0.15, 0.2) is 0 Å². The van der Waals surface area contributed by atoms with E-state index < -0.39 is 33.2 Å². The zero-order valence-electron chi connectivity index (χ0n) is 11.8. The molecular weight excluding hydrogens is 266 g/mol. The van der Waals surface area contributed by atoms with Crippen LogP contribution in [0.4, 0.5) is 17.1 Å². The van der Waals surface area contributed by atoms with Crippen LogP contribution in [0.25, 0.3) is 0 Å². The van der Waals surface area contributed by atoms with Crippen molar-refractivity contribution in [2.24, 2.45) is 0 Å². The van der Waals surface area contributed by atoms with Crippen LogP contribution in [0.2, 0.25) is 0 Å². The molecule has 0 aromatic heterocycles. The first-order valence-corrected chi connectivity index (χ1v) is 5.89. The second-order valence-electron chi connectivity index (χ2n) is 5.29. The van der Waals surface area contributed by atoms with Gasteiger partial charge in [0.05, 0.1) is 33.3 Å². The van der Waals surface area contributed by atoms with Gasteiger partial charge in [0.2, 0.25) is 0 Å². The van der Waals surface area contributed by atoms with E-state index in [0.29, 0.717) is 0 Å². The molecule has 0 saturated carbocycles. The molecule has 1 aromatic rings. The Balaban J connectivity index is 4.04. The first-order valence-electron chi connectivity index (χ1n) is 5.89. The summed E-state index contributed by atoms with van der Waals surface area (Å²) in [7, 11) is 0. The number of nitrogens with two attached hydrogens (primary N) is 1. The van der Waals surface area contributed by atoms with E-state index in [1.807, 2.05) is 0 Å². The summed E-state index contributed by atoms with van der Waals surface area (Å²) in [6, 6.07) is 0. The molecule has 0 aliphatic heterocycles. The molecule has 1 aromatic carbocycles. The molecule has 8 nitrogen and oxygen atoms in total. The van der Waals surface area contributed by atoms with Crippen molar-refractivity contribution in [2.75, 3.05) is 12.3 Å². The zero-order chi connectivity index (χ0) is 15.8. The highest BCUT2D eigenvalue weighted by molar-refractivity contribution is 5.75. The molecule has 0 saturated heterocycles. The number of rotatable bonds is 4. The summed E-state index contributed by atoms with van der Waals surface area (Å²) >= 11 is 0. The third-order valence-electron chi connectivity index (χ3n) is 3.43. The van der Waals surface area contributed by atoms with E-state index in [0.717, 1.165) is 0 Å². The molecule has 0 spiro atoms. The first-order chi connectivity index (χ1) is 9.06. The predicted molar refractivity (Wildman–Crippen MR) is 73.7 cm³/mol. The highest BCUT2D eigenvalue weighted by Gasteiger charge is 2.40. The first kappa shape index (κ1) is 15.8. The lowest BCUT2D eigenvalue weighted by molar-refractivity contribution is -0.397. The van der Waals surface area contributed by atoms with Crippen molar-refractivity contribution < 1.29 is 15.0 Å². The van der Waals surface area contributed by atoms with Gasteiger partial charge in [-0.2, -0.15) is 0 Å². The molecule has 0 amide bonds. The normalized spacial score (nSPS) is 11.4. The average molecular weight is 283 g/mol. The van der Waals surface area contributed by atoms with Crippen LogP contribution >= 0.6 is 0 Å². The second kappa shape index (κ2) is 5.04. The number of aliphatic hydroxyl groups excluding tert-OH is 1. The third-order valence-corrected chi connectivity index (χ3v) is 3.43. The van der Waals surface area contributed by atoms with E-state index in [1.54, 1.807) is 0 Å². The lowest BCUT2D eigenvalue weighted by Crippen LogP contribution is -2.26. The van der Waals surface area contributed by atoms with E-state index in [2.05, 4.69) is 0 Å². The quantitative estimate of drug-likeness (QED) is 0.493. The minimum atomic E-state index is -1.13. The summed E-state index contributed by atoms with van der Waals surface area (Å²) in [5, 5.41) is 32.0. The molecule has 0 aliphatic rings. The molecule has 0 atom stereocenters. The van der Waals surface area contributed by atoms with Crippen LogP contribution in [0.15, 0.2) is 0 Å². The van der Waals surface area contributed by atoms with Gasteiger partial charge in [-0.25, -0.2) is 0 Å². The maximum atomic E-state index is 11.3. The van der Waals surface area contributed by atoms with Crippen molar-refractivity contribution in [1.82, 2.24) is 0 Å². The molecule has 20 heavy (non-hydrogen) atoms. The van der Waals surface area contributed by atoms with Gasteiger partial charge < -0.3 is 10.8 Å². The average Bonchev–Trinajstić information content (AvgIpc) is 2.34. The molecule has 0 bridgehead atoms. The molecule has 8 heteroatoms. The fourth-order valence-electron chi connectivity index (χ4n) is 2.20. The standard InChI is InChI=1S/C12H17N3O5/c1-6-9(13)7(2)11(15(19)20)8(10(6)14(17)18)12(3,4)5-16/h16H,5,13H2,1-4H3. The Labute approximate surface area is 115 Å². The van der Waals surface area contributed by atoms with Crippen molar-refractivity contribution in [3.05, 3.63) is 36.9 Å². The van der Waals surface area contributed by atoms with Crippen LogP contribution < -0.4 is 5.73 Å². The summed E-state index contributed by atoms with van der Waals surface area (Å²) in [5.74, 6) is 0. The summed E-state index contributed by atoms with van der Waals surface area (Å²) in [5.41, 5.74) is 4.08. The van der Waals surface area contributed by atoms with Crippen LogP contribution in [-0.2, 0) is 5.41 Å². The van der Waals surface area contributed by atoms with Crippen molar-refractivity contribution in [1.29, 1.82) is 0 Å². The molecule has 0 radical (unpaired) electrons. The molecule has 110 valence electrons. The Morgan fingerprint density at radius 1 is 1.10 bits per heavy atom. The Kier molecular flexibility index (Phi) is 3.99. The molecule has 0 heterocycles. The maximum Gasteiger partial charge on any atom is 0.285 e. The van der Waals surface area contributed by atoms with Gasteiger partial charge >= 0.3 is 0 Å². The van der Waals surface area contributed by atoms with Crippen LogP contribution in [0.5, 0.6) is 0 Å². The molecule has 0 aliphatic carbocycles. The predicted octanol–water partition coefficient (Wildman–Crippen LogP) is 1.97. The van der Waals surface area contributed by atoms with Gasteiger partial charge in [0, 0.05) is 5.41 Å². The van der Waals surface area contributed by atoms with Gasteiger partial charge in [-0.3, -0.25) is 20.2 Å². The smallest absolute Gasteiger partial charge is 0.285 e. The Bertz CT molecular complexity index is 554. The van der Waals surface area contributed by atoms with Gasteiger partial charge in [0.1, 0.15) is 5.56 Å². The number of nitrogen functional groups attached to an aromatic ring is 1. The van der Waals surface area contributed by atoms with E-state index in [-0.39, 0.29) is 22.4 Å². The van der Waals surface area contributed by atoms with Crippen LogP contribution in [0, 0.1) is 34.1 Å². The zero-order valence-corrected chi connectivity index (χ0v) is 11.8. The largest absolute Gasteiger partial charge is 0.398 e. The molecule has 3 N–H and O–H groups in total. The van der Waals surface area contributed by atoms with Gasteiger partial charge in [-0.05, 0) is 13.8 Å². The Hall–Kier alpha value is -2.22. The van der Waals surface area contributed by atoms with Crippen molar-refractivity contribution >= 4 is 17.1 Å². The topological polar surface area (TPSA) is 133 Å². The second-order valence-corrected chi connectivity index (χ2v) is 5.29. The Morgan fingerprint density at radius 3 is 1.70 bits per heavy atom. The van der Waals surface area contributed by atoms with Gasteiger partial charge in [-0.1, -0.05) is 13.8 Å². The lowest BCUT2D eigenvalue weighted by atomic mass is 9.80. The molecule has 1 rings (SSSR count). The SMILES string of the molecule is Cc1c(N)c(C)c([N+](=O)[O-])c(C(C)(C)CO)c1[N+](=O)[O-]. The number of aliphatic hydroxyl groups is 1. The number of nitrogens with zero attached hydrogens (tertiary/aromatic N) is 2. The van der Waals surface area contributed by atoms with Crippen LogP contribution in [-0.4, -0.2) is 21.6 Å². The molecule has 0 unspecified atom stereocenters. The fraction of sp³-hybridized carbons (Fsp3) is 0.500. The van der Waals surface area contributed by atoms with Crippen molar-refractivity contribution in [3.8, 4) is 0 Å². The summed E-state index contributed by atoms with van der Waals surface area (Å²) in [6.07, 6.45) is 0. The number of nitro groups is 2. The van der Waals surface area contributed by atoms with E-state index >= 15 is 0 Å². The molecule has 0 fully saturated rings. The van der Waals surface area contributed by atoms with E-state index in [1.165, 1.54) is 27.7 Å². The van der Waals surface area contributed by atoms with Gasteiger partial charge in [0.25, 0.3) is 11.4 Å². The maximum absolute atomic E-state index is 11.3. The van der Waals surface area contributed by atoms with Gasteiger partial charge in [-0.15, -0.1) is 0 Å². The number of nitro benzene ring substituents is 2. The van der Waals surface area contributed by atoms with E-state index in [4.69, 9.17) is 5.73 Å².